The Labute approximate surface area is 169 Å². The predicted octanol–water partition coefficient (Wildman–Crippen LogP) is 3.12. The molecular weight excluding hydrogens is 387 g/mol. The molecule has 0 radical (unpaired) electrons. The summed E-state index contributed by atoms with van der Waals surface area (Å²) in [6, 6.07) is 0. The molecule has 3 aliphatic heterocycles. The maximum absolute atomic E-state index is 14.3. The maximum Gasteiger partial charge on any atom is 0.208 e. The number of ether oxygens (including phenoxy) is 7. The zero-order chi connectivity index (χ0) is 20.8. The van der Waals surface area contributed by atoms with E-state index < -0.39 is 42.0 Å². The second-order valence-corrected chi connectivity index (χ2v) is 7.93. The molecule has 0 saturated carbocycles. The van der Waals surface area contributed by atoms with Crippen molar-refractivity contribution < 1.29 is 42.0 Å². The minimum Gasteiger partial charge on any atom is -0.491 e. The summed E-state index contributed by atoms with van der Waals surface area (Å²) in [4.78, 5) is 0. The van der Waals surface area contributed by atoms with Crippen molar-refractivity contribution in [2.75, 3.05) is 13.7 Å². The van der Waals surface area contributed by atoms with E-state index in [9.17, 15) is 4.39 Å². The van der Waals surface area contributed by atoms with Crippen molar-refractivity contribution in [1.82, 2.24) is 0 Å². The SMILES string of the molecule is CCC1(C)O[C@H]2O[C@H]([C@H]3COC(C)(CC)O3)[C@H](OCc3occ(OC)c3F)[C@H]2O1. The zero-order valence-electron chi connectivity index (χ0n) is 17.4. The molecule has 164 valence electrons. The lowest BCUT2D eigenvalue weighted by Crippen LogP contribution is -2.44. The Kier molecular flexibility index (Phi) is 5.65. The van der Waals surface area contributed by atoms with Crippen LogP contribution in [0.4, 0.5) is 4.39 Å². The molecular formula is C20H29FO8. The van der Waals surface area contributed by atoms with Gasteiger partial charge in [0.1, 0.15) is 37.3 Å². The highest BCUT2D eigenvalue weighted by Gasteiger charge is 2.59. The van der Waals surface area contributed by atoms with Gasteiger partial charge in [-0.15, -0.1) is 0 Å². The summed E-state index contributed by atoms with van der Waals surface area (Å²) in [6.07, 6.45) is 0.117. The Balaban J connectivity index is 1.51. The van der Waals surface area contributed by atoms with Gasteiger partial charge in [-0.1, -0.05) is 13.8 Å². The molecule has 7 atom stereocenters. The van der Waals surface area contributed by atoms with Gasteiger partial charge < -0.3 is 37.6 Å². The normalized spacial score (nSPS) is 41.8. The second kappa shape index (κ2) is 7.79. The fourth-order valence-electron chi connectivity index (χ4n) is 3.85. The fraction of sp³-hybridized carbons (Fsp3) is 0.800. The molecule has 1 aromatic heterocycles. The van der Waals surface area contributed by atoms with Crippen LogP contribution >= 0.6 is 0 Å². The van der Waals surface area contributed by atoms with Gasteiger partial charge in [0.15, 0.2) is 29.4 Å². The van der Waals surface area contributed by atoms with Gasteiger partial charge >= 0.3 is 0 Å². The van der Waals surface area contributed by atoms with Crippen LogP contribution in [0.5, 0.6) is 5.75 Å². The third-order valence-corrected chi connectivity index (χ3v) is 5.96. The first-order chi connectivity index (χ1) is 13.8. The molecule has 0 aliphatic carbocycles. The Hall–Kier alpha value is -1.23. The quantitative estimate of drug-likeness (QED) is 0.671. The summed E-state index contributed by atoms with van der Waals surface area (Å²) < 4.78 is 60.6. The van der Waals surface area contributed by atoms with Crippen molar-refractivity contribution in [2.24, 2.45) is 0 Å². The number of halogens is 1. The molecule has 0 amide bonds. The van der Waals surface area contributed by atoms with Crippen molar-refractivity contribution in [2.45, 2.75) is 89.4 Å². The first kappa shape index (κ1) is 21.0. The summed E-state index contributed by atoms with van der Waals surface area (Å²) in [5.74, 6) is -1.93. The molecule has 0 bridgehead atoms. The highest BCUT2D eigenvalue weighted by molar-refractivity contribution is 5.22. The summed E-state index contributed by atoms with van der Waals surface area (Å²) >= 11 is 0. The molecule has 3 fully saturated rings. The molecule has 2 unspecified atom stereocenters. The van der Waals surface area contributed by atoms with Crippen LogP contribution in [-0.4, -0.2) is 56.0 Å². The summed E-state index contributed by atoms with van der Waals surface area (Å²) in [6.45, 7) is 7.98. The maximum atomic E-state index is 14.3. The molecule has 0 spiro atoms. The standard InChI is InChI=1S/C20H29FO8/c1-6-19(3)25-10-13(27-19)15-16(17-18(26-15)29-20(4,7-2)28-17)24-9-12-14(21)11(22-5)8-23-12/h8,13,15-18H,6-7,9-10H2,1-5H3/t13-,15-,16+,17-,18-,19?,20?/m1/s1. The molecule has 4 rings (SSSR count). The minimum atomic E-state index is -0.758. The summed E-state index contributed by atoms with van der Waals surface area (Å²) in [5.41, 5.74) is 0. The van der Waals surface area contributed by atoms with Gasteiger partial charge in [0, 0.05) is 0 Å². The van der Waals surface area contributed by atoms with E-state index in [4.69, 9.17) is 37.6 Å². The number of furan rings is 1. The number of rotatable bonds is 7. The van der Waals surface area contributed by atoms with E-state index in [1.807, 2.05) is 27.7 Å². The average molecular weight is 416 g/mol. The Morgan fingerprint density at radius 3 is 2.48 bits per heavy atom. The Morgan fingerprint density at radius 1 is 1.10 bits per heavy atom. The molecule has 3 aliphatic rings. The van der Waals surface area contributed by atoms with Crippen LogP contribution in [0, 0.1) is 5.82 Å². The largest absolute Gasteiger partial charge is 0.491 e. The van der Waals surface area contributed by atoms with Crippen LogP contribution in [0.1, 0.15) is 46.3 Å². The van der Waals surface area contributed by atoms with Gasteiger partial charge in [0.2, 0.25) is 5.82 Å². The molecule has 8 nitrogen and oxygen atoms in total. The summed E-state index contributed by atoms with van der Waals surface area (Å²) in [5, 5.41) is 0. The van der Waals surface area contributed by atoms with Gasteiger partial charge in [0.25, 0.3) is 0 Å². The topological polar surface area (TPSA) is 77.8 Å². The van der Waals surface area contributed by atoms with Gasteiger partial charge in [-0.25, -0.2) is 0 Å². The first-order valence-corrected chi connectivity index (χ1v) is 10.1. The fourth-order valence-corrected chi connectivity index (χ4v) is 3.85. The van der Waals surface area contributed by atoms with Crippen molar-refractivity contribution in [1.29, 1.82) is 0 Å². The Morgan fingerprint density at radius 2 is 1.86 bits per heavy atom. The molecule has 1 aromatic rings. The van der Waals surface area contributed by atoms with Crippen LogP contribution in [-0.2, 0) is 35.0 Å². The van der Waals surface area contributed by atoms with Crippen molar-refractivity contribution >= 4 is 0 Å². The molecule has 29 heavy (non-hydrogen) atoms. The van der Waals surface area contributed by atoms with Crippen molar-refractivity contribution in [3.63, 3.8) is 0 Å². The molecule has 0 N–H and O–H groups in total. The molecule has 3 saturated heterocycles. The van der Waals surface area contributed by atoms with Crippen molar-refractivity contribution in [3.05, 3.63) is 17.8 Å². The van der Waals surface area contributed by atoms with E-state index in [2.05, 4.69) is 0 Å². The number of hydrogen-bond donors (Lipinski definition) is 0. The van der Waals surface area contributed by atoms with E-state index >= 15 is 0 Å². The summed E-state index contributed by atoms with van der Waals surface area (Å²) in [7, 11) is 1.38. The van der Waals surface area contributed by atoms with Crippen LogP contribution in [0.3, 0.4) is 0 Å². The van der Waals surface area contributed by atoms with Gasteiger partial charge in [0.05, 0.1) is 13.7 Å². The lowest BCUT2D eigenvalue weighted by molar-refractivity contribution is -0.245. The molecule has 9 heteroatoms. The van der Waals surface area contributed by atoms with Crippen LogP contribution in [0.2, 0.25) is 0 Å². The van der Waals surface area contributed by atoms with E-state index in [0.29, 0.717) is 19.4 Å². The number of fused-ring (bicyclic) bond motifs is 1. The van der Waals surface area contributed by atoms with Crippen molar-refractivity contribution in [3.8, 4) is 5.75 Å². The lowest BCUT2D eigenvalue weighted by Gasteiger charge is -2.30. The van der Waals surface area contributed by atoms with Gasteiger partial charge in [-0.2, -0.15) is 4.39 Å². The number of methoxy groups -OCH3 is 1. The van der Waals surface area contributed by atoms with Gasteiger partial charge in [-0.05, 0) is 26.7 Å². The van der Waals surface area contributed by atoms with Crippen LogP contribution < -0.4 is 4.74 Å². The zero-order valence-corrected chi connectivity index (χ0v) is 17.4. The number of hydrogen-bond acceptors (Lipinski definition) is 8. The highest BCUT2D eigenvalue weighted by atomic mass is 19.1. The smallest absolute Gasteiger partial charge is 0.208 e. The average Bonchev–Trinajstić information content (AvgIpc) is 3.43. The van der Waals surface area contributed by atoms with E-state index in [1.165, 1.54) is 13.4 Å². The lowest BCUT2D eigenvalue weighted by atomic mass is 10.1. The third-order valence-electron chi connectivity index (χ3n) is 5.96. The van der Waals surface area contributed by atoms with E-state index in [0.717, 1.165) is 0 Å². The molecule has 0 aromatic carbocycles. The van der Waals surface area contributed by atoms with Crippen LogP contribution in [0.15, 0.2) is 10.7 Å². The predicted molar refractivity (Wildman–Crippen MR) is 96.6 cm³/mol. The minimum absolute atomic E-state index is 0.0333. The van der Waals surface area contributed by atoms with Gasteiger partial charge in [-0.3, -0.25) is 0 Å². The third kappa shape index (κ3) is 3.80. The highest BCUT2D eigenvalue weighted by Crippen LogP contribution is 2.43. The second-order valence-electron chi connectivity index (χ2n) is 7.93. The first-order valence-electron chi connectivity index (χ1n) is 10.1. The van der Waals surface area contributed by atoms with E-state index in [1.54, 1.807) is 0 Å². The monoisotopic (exact) mass is 416 g/mol. The van der Waals surface area contributed by atoms with E-state index in [-0.39, 0.29) is 24.2 Å². The van der Waals surface area contributed by atoms with Crippen LogP contribution in [0.25, 0.3) is 0 Å². The molecule has 4 heterocycles. The Bertz CT molecular complexity index is 725.